The minimum atomic E-state index is -4.46. The van der Waals surface area contributed by atoms with Crippen LogP contribution in [0.2, 0.25) is 5.02 Å². The highest BCUT2D eigenvalue weighted by molar-refractivity contribution is 7.92. The van der Waals surface area contributed by atoms with Crippen LogP contribution in [0.3, 0.4) is 0 Å². The minimum absolute atomic E-state index is 0.0278. The second-order valence-corrected chi connectivity index (χ2v) is 13.2. The van der Waals surface area contributed by atoms with Crippen molar-refractivity contribution in [2.75, 3.05) is 23.7 Å². The normalized spacial score (nSPS) is 17.7. The molecule has 43 heavy (non-hydrogen) atoms. The number of allylic oxidation sites excluding steroid dienone is 1. The van der Waals surface area contributed by atoms with Crippen LogP contribution in [-0.2, 0) is 14.8 Å². The van der Waals surface area contributed by atoms with Crippen molar-refractivity contribution < 1.29 is 21.9 Å². The maximum atomic E-state index is 15.4. The average Bonchev–Trinajstić information content (AvgIpc) is 3.36. The van der Waals surface area contributed by atoms with Crippen molar-refractivity contribution in [1.29, 1.82) is 0 Å². The smallest absolute Gasteiger partial charge is 0.264 e. The lowest BCUT2D eigenvalue weighted by molar-refractivity contribution is -0.0103. The number of hydrogen-bond donors (Lipinski definition) is 3. The van der Waals surface area contributed by atoms with Crippen molar-refractivity contribution in [1.82, 2.24) is 20.1 Å². The fourth-order valence-corrected chi connectivity index (χ4v) is 6.94. The molecular weight excluding hydrogens is 598 g/mol. The Hall–Kier alpha value is -3.58. The molecule has 1 aliphatic carbocycles. The van der Waals surface area contributed by atoms with Crippen LogP contribution >= 0.6 is 11.6 Å². The maximum absolute atomic E-state index is 15.4. The first-order valence-electron chi connectivity index (χ1n) is 14.0. The molecule has 13 heteroatoms. The summed E-state index contributed by atoms with van der Waals surface area (Å²) in [6, 6.07) is 7.85. The van der Waals surface area contributed by atoms with Gasteiger partial charge in [-0.1, -0.05) is 23.7 Å². The highest BCUT2D eigenvalue weighted by Gasteiger charge is 2.27. The van der Waals surface area contributed by atoms with Gasteiger partial charge in [-0.25, -0.2) is 22.2 Å². The number of hydrogen-bond acceptors (Lipinski definition) is 7. The van der Waals surface area contributed by atoms with Gasteiger partial charge >= 0.3 is 0 Å². The predicted molar refractivity (Wildman–Crippen MR) is 163 cm³/mol. The lowest BCUT2D eigenvalue weighted by Crippen LogP contribution is -2.50. The van der Waals surface area contributed by atoms with Gasteiger partial charge in [-0.2, -0.15) is 5.10 Å². The van der Waals surface area contributed by atoms with E-state index < -0.39 is 26.6 Å². The number of nitrogens with zero attached hydrogens (tertiary/aromatic N) is 3. The number of fused-ring (bicyclic) bond motifs is 1. The van der Waals surface area contributed by atoms with Crippen LogP contribution in [0.15, 0.2) is 53.6 Å². The molecule has 6 rings (SSSR count). The van der Waals surface area contributed by atoms with E-state index in [1.807, 2.05) is 18.5 Å². The first-order valence-corrected chi connectivity index (χ1v) is 15.9. The molecule has 226 valence electrons. The fraction of sp³-hybridized carbons (Fsp3) is 0.333. The number of nitrogens with one attached hydrogen (secondary N) is 2. The van der Waals surface area contributed by atoms with E-state index in [9.17, 15) is 12.8 Å². The van der Waals surface area contributed by atoms with E-state index in [2.05, 4.69) is 21.1 Å². The molecule has 1 aliphatic heterocycles. The molecule has 4 aromatic rings. The van der Waals surface area contributed by atoms with Crippen LogP contribution < -0.4 is 15.8 Å². The fourth-order valence-electron chi connectivity index (χ4n) is 5.53. The molecule has 0 amide bonds. The summed E-state index contributed by atoms with van der Waals surface area (Å²) in [5, 5.41) is 9.10. The number of nitrogens with two attached hydrogens (primary N) is 1. The summed E-state index contributed by atoms with van der Waals surface area (Å²) in [7, 11) is -4.46. The van der Waals surface area contributed by atoms with E-state index in [1.165, 1.54) is 24.3 Å². The first kappa shape index (κ1) is 29.5. The third-order valence-corrected chi connectivity index (χ3v) is 9.40. The Labute approximate surface area is 253 Å². The molecule has 4 N–H and O–H groups in total. The van der Waals surface area contributed by atoms with E-state index in [4.69, 9.17) is 27.2 Å². The minimum Gasteiger partial charge on any atom is -0.383 e. The molecule has 1 saturated heterocycles. The third-order valence-electron chi connectivity index (χ3n) is 7.78. The molecule has 0 radical (unpaired) electrons. The number of ether oxygens (including phenoxy) is 1. The Morgan fingerprint density at radius 1 is 1.12 bits per heavy atom. The number of benzene rings is 2. The molecular formula is C30H31ClF2N6O3S. The second kappa shape index (κ2) is 11.5. The Balaban J connectivity index is 1.36. The van der Waals surface area contributed by atoms with Gasteiger partial charge in [-0.15, -0.1) is 0 Å². The number of aromatic nitrogens is 3. The van der Waals surface area contributed by atoms with Crippen molar-refractivity contribution in [3.05, 3.63) is 70.9 Å². The lowest BCUT2D eigenvalue weighted by Gasteiger charge is -2.33. The number of anilines is 2. The summed E-state index contributed by atoms with van der Waals surface area (Å²) in [6.07, 6.45) is 6.70. The van der Waals surface area contributed by atoms with Gasteiger partial charge in [0, 0.05) is 34.4 Å². The maximum Gasteiger partial charge on any atom is 0.264 e. The summed E-state index contributed by atoms with van der Waals surface area (Å²) in [5.41, 5.74) is 9.75. The zero-order valence-electron chi connectivity index (χ0n) is 23.6. The van der Waals surface area contributed by atoms with E-state index >= 15 is 4.39 Å². The molecule has 2 aromatic carbocycles. The van der Waals surface area contributed by atoms with E-state index in [0.717, 1.165) is 61.3 Å². The van der Waals surface area contributed by atoms with Crippen LogP contribution in [0.5, 0.6) is 0 Å². The van der Waals surface area contributed by atoms with Crippen LogP contribution in [-0.4, -0.2) is 48.5 Å². The first-order chi connectivity index (χ1) is 20.5. The predicted octanol–water partition coefficient (Wildman–Crippen LogP) is 5.92. The van der Waals surface area contributed by atoms with Gasteiger partial charge in [-0.3, -0.25) is 9.40 Å². The van der Waals surface area contributed by atoms with Gasteiger partial charge < -0.3 is 15.8 Å². The van der Waals surface area contributed by atoms with Crippen molar-refractivity contribution in [3.63, 3.8) is 0 Å². The van der Waals surface area contributed by atoms with Gasteiger partial charge in [-0.05, 0) is 69.0 Å². The van der Waals surface area contributed by atoms with E-state index in [0.29, 0.717) is 28.7 Å². The summed E-state index contributed by atoms with van der Waals surface area (Å²) in [5.74, 6) is -1.63. The summed E-state index contributed by atoms with van der Waals surface area (Å²) >= 11 is 5.86. The van der Waals surface area contributed by atoms with Gasteiger partial charge in [0.05, 0.1) is 35.8 Å². The molecule has 0 saturated carbocycles. The van der Waals surface area contributed by atoms with E-state index in [-0.39, 0.29) is 22.6 Å². The van der Waals surface area contributed by atoms with Crippen molar-refractivity contribution in [2.24, 2.45) is 0 Å². The Morgan fingerprint density at radius 3 is 2.56 bits per heavy atom. The monoisotopic (exact) mass is 628 g/mol. The van der Waals surface area contributed by atoms with Gasteiger partial charge in [0.2, 0.25) is 0 Å². The largest absolute Gasteiger partial charge is 0.383 e. The van der Waals surface area contributed by atoms with Crippen molar-refractivity contribution in [2.45, 2.75) is 56.1 Å². The van der Waals surface area contributed by atoms with Crippen LogP contribution in [0.25, 0.3) is 27.7 Å². The standard InChI is InChI=1S/C30H31ClF2N6O3S/c1-16(2)39-29-22(17-3-7-20(8-4-17)36-21-14-42-15-21)13-35-30(34)27(29)28(37-39)18-5-10-25(24(33)11-18)38-43(40,41)26-12-19(31)6-9-23(26)32/h3,5-6,9-13,16,20-21,36,38H,4,7-8,14-15H2,1-2H3,(H2,34,35). The molecule has 3 heterocycles. The SMILES string of the molecule is CC(C)n1nc(-c2ccc(NS(=O)(=O)c3cc(Cl)ccc3F)c(F)c2)c2c(N)ncc(C3=CCC(NC4COC4)CC3)c21. The highest BCUT2D eigenvalue weighted by atomic mass is 35.5. The summed E-state index contributed by atoms with van der Waals surface area (Å²) < 4.78 is 64.6. The Kier molecular flexibility index (Phi) is 7.88. The molecule has 1 unspecified atom stereocenters. The van der Waals surface area contributed by atoms with Crippen LogP contribution in [0, 0.1) is 11.6 Å². The zero-order valence-corrected chi connectivity index (χ0v) is 25.1. The second-order valence-electron chi connectivity index (χ2n) is 11.1. The molecule has 9 nitrogen and oxygen atoms in total. The quantitative estimate of drug-likeness (QED) is 0.221. The number of sulfonamides is 1. The molecule has 2 aliphatic rings. The van der Waals surface area contributed by atoms with Gasteiger partial charge in [0.1, 0.15) is 28.0 Å². The summed E-state index contributed by atoms with van der Waals surface area (Å²) in [6.45, 7) is 5.50. The van der Waals surface area contributed by atoms with Crippen molar-refractivity contribution in [3.8, 4) is 11.3 Å². The number of rotatable bonds is 8. The molecule has 2 aromatic heterocycles. The highest BCUT2D eigenvalue weighted by Crippen LogP contribution is 2.40. The number of pyridine rings is 1. The lowest BCUT2D eigenvalue weighted by atomic mass is 9.89. The Morgan fingerprint density at radius 2 is 1.91 bits per heavy atom. The average molecular weight is 629 g/mol. The molecule has 0 spiro atoms. The Bertz CT molecular complexity index is 1860. The summed E-state index contributed by atoms with van der Waals surface area (Å²) in [4.78, 5) is 3.80. The van der Waals surface area contributed by atoms with Crippen LogP contribution in [0.4, 0.5) is 20.3 Å². The third kappa shape index (κ3) is 5.72. The molecule has 1 fully saturated rings. The topological polar surface area (TPSA) is 124 Å². The zero-order chi connectivity index (χ0) is 30.5. The van der Waals surface area contributed by atoms with Gasteiger partial charge in [0.25, 0.3) is 10.0 Å². The molecule has 1 atom stereocenters. The van der Waals surface area contributed by atoms with Crippen LogP contribution in [0.1, 0.15) is 44.7 Å². The number of halogens is 3. The van der Waals surface area contributed by atoms with Gasteiger partial charge in [0.15, 0.2) is 0 Å². The van der Waals surface area contributed by atoms with E-state index in [1.54, 1.807) is 6.20 Å². The number of nitrogen functional groups attached to an aromatic ring is 1. The van der Waals surface area contributed by atoms with Crippen molar-refractivity contribution >= 4 is 49.6 Å². The molecule has 0 bridgehead atoms.